The number of aryl methyl sites for hydroxylation is 1. The number of thiophene rings is 1. The lowest BCUT2D eigenvalue weighted by Crippen LogP contribution is -2.11. The van der Waals surface area contributed by atoms with Gasteiger partial charge in [-0.25, -0.2) is 9.50 Å². The van der Waals surface area contributed by atoms with Crippen LogP contribution in [0.15, 0.2) is 72.6 Å². The fraction of sp³-hybridized carbons (Fsp3) is 0.0909. The number of aromatic nitrogens is 5. The van der Waals surface area contributed by atoms with Crippen LogP contribution in [0.5, 0.6) is 0 Å². The number of hydrogen-bond acceptors (Lipinski definition) is 5. The molecule has 8 heteroatoms. The summed E-state index contributed by atoms with van der Waals surface area (Å²) in [6.45, 7) is 2.70. The summed E-state index contributed by atoms with van der Waals surface area (Å²) in [6, 6.07) is 14.2. The Morgan fingerprint density at radius 1 is 1.10 bits per heavy atom. The van der Waals surface area contributed by atoms with Crippen molar-refractivity contribution in [2.45, 2.75) is 13.5 Å². The number of carbonyl (C=O) groups is 1. The Labute approximate surface area is 176 Å². The van der Waals surface area contributed by atoms with Gasteiger partial charge in [-0.05, 0) is 30.0 Å². The molecule has 0 aliphatic heterocycles. The molecule has 148 valence electrons. The molecule has 0 saturated carbocycles. The SMILES string of the molecule is Cc1ccc(Cn2cc(NC(=O)c3cnn4c(-c5cccs5)ccnc34)cn2)cc1. The zero-order valence-corrected chi connectivity index (χ0v) is 17.0. The van der Waals surface area contributed by atoms with Gasteiger partial charge in [0.25, 0.3) is 5.91 Å². The minimum absolute atomic E-state index is 0.268. The van der Waals surface area contributed by atoms with E-state index in [4.69, 9.17) is 0 Å². The highest BCUT2D eigenvalue weighted by Gasteiger charge is 2.17. The van der Waals surface area contributed by atoms with Gasteiger partial charge in [0.2, 0.25) is 0 Å². The highest BCUT2D eigenvalue weighted by molar-refractivity contribution is 7.13. The molecule has 4 heterocycles. The first-order valence-corrected chi connectivity index (χ1v) is 10.3. The average molecular weight is 414 g/mol. The van der Waals surface area contributed by atoms with E-state index in [-0.39, 0.29) is 5.91 Å². The lowest BCUT2D eigenvalue weighted by atomic mass is 10.1. The van der Waals surface area contributed by atoms with E-state index in [0.717, 1.165) is 16.1 Å². The predicted molar refractivity (Wildman–Crippen MR) is 117 cm³/mol. The zero-order chi connectivity index (χ0) is 20.5. The molecule has 0 aliphatic carbocycles. The molecule has 1 N–H and O–H groups in total. The fourth-order valence-electron chi connectivity index (χ4n) is 3.26. The molecular formula is C22H18N6OS. The van der Waals surface area contributed by atoms with E-state index >= 15 is 0 Å². The third-order valence-corrected chi connectivity index (χ3v) is 5.67. The molecule has 0 aliphatic rings. The van der Waals surface area contributed by atoms with Crippen LogP contribution in [0, 0.1) is 6.92 Å². The van der Waals surface area contributed by atoms with E-state index in [0.29, 0.717) is 23.4 Å². The van der Waals surface area contributed by atoms with Crippen LogP contribution < -0.4 is 5.32 Å². The fourth-order valence-corrected chi connectivity index (χ4v) is 3.99. The number of benzene rings is 1. The second-order valence-corrected chi connectivity index (χ2v) is 7.92. The van der Waals surface area contributed by atoms with Gasteiger partial charge in [-0.15, -0.1) is 11.3 Å². The predicted octanol–water partition coefficient (Wildman–Crippen LogP) is 4.26. The monoisotopic (exact) mass is 414 g/mol. The molecule has 0 bridgehead atoms. The van der Waals surface area contributed by atoms with E-state index < -0.39 is 0 Å². The Kier molecular flexibility index (Phi) is 4.61. The maximum absolute atomic E-state index is 12.9. The van der Waals surface area contributed by atoms with E-state index in [1.54, 1.807) is 39.1 Å². The average Bonchev–Trinajstić information content (AvgIpc) is 3.50. The Bertz CT molecular complexity index is 1320. The molecule has 7 nitrogen and oxygen atoms in total. The van der Waals surface area contributed by atoms with Gasteiger partial charge < -0.3 is 5.32 Å². The molecule has 5 rings (SSSR count). The standard InChI is InChI=1S/C22H18N6OS/c1-15-4-6-16(7-5-15)13-27-14-17(11-24-27)26-22(29)18-12-25-28-19(8-9-23-21(18)28)20-3-2-10-30-20/h2-12,14H,13H2,1H3,(H,26,29). The summed E-state index contributed by atoms with van der Waals surface area (Å²) in [7, 11) is 0. The lowest BCUT2D eigenvalue weighted by molar-refractivity contribution is 0.102. The second kappa shape index (κ2) is 7.57. The Morgan fingerprint density at radius 2 is 1.97 bits per heavy atom. The smallest absolute Gasteiger partial charge is 0.261 e. The van der Waals surface area contributed by atoms with Crippen LogP contribution in [-0.2, 0) is 6.54 Å². The molecule has 0 unspecified atom stereocenters. The van der Waals surface area contributed by atoms with E-state index in [1.165, 1.54) is 5.56 Å². The number of fused-ring (bicyclic) bond motifs is 1. The highest BCUT2D eigenvalue weighted by Crippen LogP contribution is 2.25. The van der Waals surface area contributed by atoms with Crippen molar-refractivity contribution in [1.82, 2.24) is 24.4 Å². The number of nitrogens with zero attached hydrogens (tertiary/aromatic N) is 5. The molecule has 30 heavy (non-hydrogen) atoms. The molecule has 4 aromatic heterocycles. The topological polar surface area (TPSA) is 77.1 Å². The minimum atomic E-state index is -0.268. The lowest BCUT2D eigenvalue weighted by Gasteiger charge is -2.04. The Balaban J connectivity index is 1.36. The van der Waals surface area contributed by atoms with Crippen LogP contribution in [0.4, 0.5) is 5.69 Å². The zero-order valence-electron chi connectivity index (χ0n) is 16.2. The van der Waals surface area contributed by atoms with Gasteiger partial charge in [0.05, 0.1) is 35.2 Å². The van der Waals surface area contributed by atoms with Crippen molar-refractivity contribution in [2.24, 2.45) is 0 Å². The normalized spacial score (nSPS) is 11.1. The molecule has 0 saturated heterocycles. The summed E-state index contributed by atoms with van der Waals surface area (Å²) < 4.78 is 3.49. The first-order chi connectivity index (χ1) is 14.7. The van der Waals surface area contributed by atoms with Crippen molar-refractivity contribution in [3.63, 3.8) is 0 Å². The summed E-state index contributed by atoms with van der Waals surface area (Å²) in [4.78, 5) is 18.3. The summed E-state index contributed by atoms with van der Waals surface area (Å²) in [5, 5.41) is 13.6. The maximum Gasteiger partial charge on any atom is 0.261 e. The van der Waals surface area contributed by atoms with Crippen molar-refractivity contribution in [3.8, 4) is 10.6 Å². The number of carbonyl (C=O) groups excluding carboxylic acids is 1. The molecule has 1 aromatic carbocycles. The van der Waals surface area contributed by atoms with E-state index in [2.05, 4.69) is 51.7 Å². The highest BCUT2D eigenvalue weighted by atomic mass is 32.1. The van der Waals surface area contributed by atoms with Crippen LogP contribution in [0.3, 0.4) is 0 Å². The van der Waals surface area contributed by atoms with Crippen LogP contribution in [0.1, 0.15) is 21.5 Å². The molecule has 5 aromatic rings. The number of amides is 1. The van der Waals surface area contributed by atoms with Crippen molar-refractivity contribution in [1.29, 1.82) is 0 Å². The third-order valence-electron chi connectivity index (χ3n) is 4.78. The summed E-state index contributed by atoms with van der Waals surface area (Å²) in [5.41, 5.74) is 4.83. The van der Waals surface area contributed by atoms with Gasteiger partial charge in [-0.2, -0.15) is 10.2 Å². The largest absolute Gasteiger partial charge is 0.319 e. The van der Waals surface area contributed by atoms with Gasteiger partial charge in [0.1, 0.15) is 5.56 Å². The Hall–Kier alpha value is -3.78. The maximum atomic E-state index is 12.9. The molecule has 1 amide bonds. The summed E-state index contributed by atoms with van der Waals surface area (Å²) >= 11 is 1.62. The molecule has 0 fully saturated rings. The quantitative estimate of drug-likeness (QED) is 0.466. The third kappa shape index (κ3) is 3.48. The van der Waals surface area contributed by atoms with Crippen LogP contribution >= 0.6 is 11.3 Å². The van der Waals surface area contributed by atoms with Gasteiger partial charge in [-0.1, -0.05) is 35.9 Å². The van der Waals surface area contributed by atoms with Crippen LogP contribution in [0.2, 0.25) is 0 Å². The van der Waals surface area contributed by atoms with Crippen molar-refractivity contribution >= 4 is 28.6 Å². The van der Waals surface area contributed by atoms with Gasteiger partial charge in [0, 0.05) is 12.4 Å². The van der Waals surface area contributed by atoms with E-state index in [9.17, 15) is 4.79 Å². The van der Waals surface area contributed by atoms with Crippen molar-refractivity contribution in [2.75, 3.05) is 5.32 Å². The number of nitrogens with one attached hydrogen (secondary N) is 1. The van der Waals surface area contributed by atoms with Gasteiger partial charge >= 0.3 is 0 Å². The first kappa shape index (κ1) is 18.3. The van der Waals surface area contributed by atoms with Crippen molar-refractivity contribution < 1.29 is 4.79 Å². The number of anilines is 1. The second-order valence-electron chi connectivity index (χ2n) is 6.97. The number of rotatable bonds is 5. The van der Waals surface area contributed by atoms with E-state index in [1.807, 2.05) is 29.8 Å². The number of hydrogen-bond donors (Lipinski definition) is 1. The Morgan fingerprint density at radius 3 is 2.77 bits per heavy atom. The van der Waals surface area contributed by atoms with Crippen LogP contribution in [0.25, 0.3) is 16.2 Å². The van der Waals surface area contributed by atoms with Gasteiger partial charge in [-0.3, -0.25) is 9.48 Å². The summed E-state index contributed by atoms with van der Waals surface area (Å²) in [5.74, 6) is -0.268. The molecule has 0 radical (unpaired) electrons. The van der Waals surface area contributed by atoms with Gasteiger partial charge in [0.15, 0.2) is 5.65 Å². The molecular weight excluding hydrogens is 396 g/mol. The first-order valence-electron chi connectivity index (χ1n) is 9.43. The van der Waals surface area contributed by atoms with Crippen LogP contribution in [-0.4, -0.2) is 30.3 Å². The molecule has 0 atom stereocenters. The summed E-state index contributed by atoms with van der Waals surface area (Å²) in [6.07, 6.45) is 6.70. The molecule has 0 spiro atoms. The van der Waals surface area contributed by atoms with Crippen molar-refractivity contribution in [3.05, 3.63) is 89.3 Å². The minimum Gasteiger partial charge on any atom is -0.319 e.